The number of carbonyl (C=O) groups is 1. The molecule has 142 valence electrons. The number of fused-ring (bicyclic) bond motifs is 2. The third-order valence-electron chi connectivity index (χ3n) is 5.32. The Morgan fingerprint density at radius 2 is 2.04 bits per heavy atom. The average Bonchev–Trinajstić information content (AvgIpc) is 2.69. The molecule has 2 aliphatic heterocycles. The summed E-state index contributed by atoms with van der Waals surface area (Å²) in [7, 11) is 3.46. The highest BCUT2D eigenvalue weighted by Crippen LogP contribution is 2.41. The minimum Gasteiger partial charge on any atom is -0.368 e. The van der Waals surface area contributed by atoms with Crippen molar-refractivity contribution in [3.8, 4) is 0 Å². The van der Waals surface area contributed by atoms with Crippen molar-refractivity contribution >= 4 is 17.7 Å². The van der Waals surface area contributed by atoms with Crippen LogP contribution in [0.25, 0.3) is 0 Å². The first-order valence-corrected chi connectivity index (χ1v) is 9.18. The van der Waals surface area contributed by atoms with Crippen molar-refractivity contribution in [1.82, 2.24) is 19.9 Å². The number of hydrogen-bond acceptors (Lipinski definition) is 7. The number of nitrogen functional groups attached to an aromatic ring is 1. The van der Waals surface area contributed by atoms with Crippen LogP contribution in [0.1, 0.15) is 34.6 Å². The standard InChI is InChI=1S/C19H24N6O2/c1-24(2)17(26)14-4-3-5-15(22-14)25-9-7-19(8-10-25)16-13(6-11-27-19)12-21-18(20)23-16/h3-5,12H,6-11H2,1-2H3,(H2,20,21,23). The molecule has 0 saturated carbocycles. The van der Waals surface area contributed by atoms with Gasteiger partial charge in [-0.25, -0.2) is 15.0 Å². The van der Waals surface area contributed by atoms with Crippen LogP contribution in [-0.4, -0.2) is 59.6 Å². The lowest BCUT2D eigenvalue weighted by atomic mass is 9.83. The zero-order chi connectivity index (χ0) is 19.0. The first-order valence-electron chi connectivity index (χ1n) is 9.18. The van der Waals surface area contributed by atoms with E-state index in [-0.39, 0.29) is 11.9 Å². The summed E-state index contributed by atoms with van der Waals surface area (Å²) in [5.74, 6) is 1.01. The summed E-state index contributed by atoms with van der Waals surface area (Å²) in [6.45, 7) is 2.22. The Labute approximate surface area is 158 Å². The second-order valence-corrected chi connectivity index (χ2v) is 7.26. The molecule has 0 bridgehead atoms. The fraction of sp³-hybridized carbons (Fsp3) is 0.474. The number of hydrogen-bond donors (Lipinski definition) is 1. The number of nitrogens with two attached hydrogens (primary N) is 1. The fourth-order valence-corrected chi connectivity index (χ4v) is 3.85. The van der Waals surface area contributed by atoms with Crippen LogP contribution in [0.5, 0.6) is 0 Å². The third-order valence-corrected chi connectivity index (χ3v) is 5.32. The van der Waals surface area contributed by atoms with Crippen molar-refractivity contribution < 1.29 is 9.53 Å². The second kappa shape index (κ2) is 6.77. The predicted octanol–water partition coefficient (Wildman–Crippen LogP) is 1.22. The molecule has 1 spiro atoms. The highest BCUT2D eigenvalue weighted by molar-refractivity contribution is 5.92. The fourth-order valence-electron chi connectivity index (χ4n) is 3.85. The molecule has 1 amide bonds. The van der Waals surface area contributed by atoms with E-state index in [9.17, 15) is 4.79 Å². The maximum atomic E-state index is 12.2. The van der Waals surface area contributed by atoms with Crippen LogP contribution >= 0.6 is 0 Å². The molecule has 8 heteroatoms. The van der Waals surface area contributed by atoms with Gasteiger partial charge in [0.1, 0.15) is 17.1 Å². The van der Waals surface area contributed by atoms with Crippen LogP contribution in [0.4, 0.5) is 11.8 Å². The molecular formula is C19H24N6O2. The molecule has 4 rings (SSSR count). The SMILES string of the molecule is CN(C)C(=O)c1cccc(N2CCC3(CC2)OCCc2cnc(N)nc23)n1. The molecule has 4 heterocycles. The molecular weight excluding hydrogens is 344 g/mol. The van der Waals surface area contributed by atoms with E-state index in [2.05, 4.69) is 19.9 Å². The Balaban J connectivity index is 1.55. The topological polar surface area (TPSA) is 97.5 Å². The quantitative estimate of drug-likeness (QED) is 0.851. The smallest absolute Gasteiger partial charge is 0.272 e. The van der Waals surface area contributed by atoms with Gasteiger partial charge in [0.25, 0.3) is 5.91 Å². The maximum Gasteiger partial charge on any atom is 0.272 e. The zero-order valence-corrected chi connectivity index (χ0v) is 15.7. The van der Waals surface area contributed by atoms with Crippen LogP contribution in [0.15, 0.2) is 24.4 Å². The third kappa shape index (κ3) is 3.21. The monoisotopic (exact) mass is 368 g/mol. The number of amides is 1. The van der Waals surface area contributed by atoms with Gasteiger partial charge in [0, 0.05) is 33.4 Å². The molecule has 8 nitrogen and oxygen atoms in total. The van der Waals surface area contributed by atoms with Crippen LogP contribution < -0.4 is 10.6 Å². The Kier molecular flexibility index (Phi) is 4.43. The molecule has 2 aliphatic rings. The van der Waals surface area contributed by atoms with Crippen molar-refractivity contribution in [2.45, 2.75) is 24.9 Å². The van der Waals surface area contributed by atoms with Gasteiger partial charge in [-0.05, 0) is 37.0 Å². The average molecular weight is 368 g/mol. The summed E-state index contributed by atoms with van der Waals surface area (Å²) in [5, 5.41) is 0. The molecule has 2 aromatic heterocycles. The first-order chi connectivity index (χ1) is 13.0. The number of nitrogens with zero attached hydrogens (tertiary/aromatic N) is 5. The number of carbonyl (C=O) groups excluding carboxylic acids is 1. The van der Waals surface area contributed by atoms with Gasteiger partial charge in [-0.2, -0.15) is 0 Å². The molecule has 0 unspecified atom stereocenters. The van der Waals surface area contributed by atoms with Gasteiger partial charge in [0.15, 0.2) is 0 Å². The van der Waals surface area contributed by atoms with Gasteiger partial charge in [-0.1, -0.05) is 6.07 Å². The molecule has 0 aromatic carbocycles. The Bertz CT molecular complexity index is 861. The van der Waals surface area contributed by atoms with E-state index in [4.69, 9.17) is 10.5 Å². The molecule has 27 heavy (non-hydrogen) atoms. The molecule has 2 aromatic rings. The van der Waals surface area contributed by atoms with E-state index in [1.807, 2.05) is 18.3 Å². The molecule has 0 aliphatic carbocycles. The molecule has 1 saturated heterocycles. The minimum absolute atomic E-state index is 0.0953. The maximum absolute atomic E-state index is 12.2. The molecule has 1 fully saturated rings. The van der Waals surface area contributed by atoms with Crippen molar-refractivity contribution in [3.63, 3.8) is 0 Å². The second-order valence-electron chi connectivity index (χ2n) is 7.26. The number of piperidine rings is 1. The summed E-state index contributed by atoms with van der Waals surface area (Å²) < 4.78 is 6.21. The molecule has 0 radical (unpaired) electrons. The number of rotatable bonds is 2. The van der Waals surface area contributed by atoms with Crippen LogP contribution in [-0.2, 0) is 16.8 Å². The van der Waals surface area contributed by atoms with Crippen molar-refractivity contribution in [3.05, 3.63) is 41.3 Å². The lowest BCUT2D eigenvalue weighted by Gasteiger charge is -2.44. The first kappa shape index (κ1) is 17.7. The van der Waals surface area contributed by atoms with E-state index in [1.165, 1.54) is 4.90 Å². The summed E-state index contributed by atoms with van der Waals surface area (Å²) in [6.07, 6.45) is 4.23. The van der Waals surface area contributed by atoms with Crippen molar-refractivity contribution in [1.29, 1.82) is 0 Å². The van der Waals surface area contributed by atoms with E-state index in [0.29, 0.717) is 12.3 Å². The molecule has 0 atom stereocenters. The Morgan fingerprint density at radius 3 is 2.78 bits per heavy atom. The van der Waals surface area contributed by atoms with Gasteiger partial charge in [-0.15, -0.1) is 0 Å². The van der Waals surface area contributed by atoms with E-state index in [1.54, 1.807) is 20.2 Å². The normalized spacial score (nSPS) is 18.2. The summed E-state index contributed by atoms with van der Waals surface area (Å²) in [4.78, 5) is 29.1. The van der Waals surface area contributed by atoms with Crippen molar-refractivity contribution in [2.24, 2.45) is 0 Å². The predicted molar refractivity (Wildman–Crippen MR) is 101 cm³/mol. The van der Waals surface area contributed by atoms with Crippen LogP contribution in [0, 0.1) is 0 Å². The van der Waals surface area contributed by atoms with Gasteiger partial charge in [0.05, 0.1) is 12.3 Å². The van der Waals surface area contributed by atoms with Gasteiger partial charge < -0.3 is 20.3 Å². The minimum atomic E-state index is -0.405. The number of aromatic nitrogens is 3. The Hall–Kier alpha value is -2.74. The molecule has 2 N–H and O–H groups in total. The van der Waals surface area contributed by atoms with Crippen LogP contribution in [0.2, 0.25) is 0 Å². The lowest BCUT2D eigenvalue weighted by Crippen LogP contribution is -2.47. The highest BCUT2D eigenvalue weighted by Gasteiger charge is 2.42. The van der Waals surface area contributed by atoms with Crippen LogP contribution in [0.3, 0.4) is 0 Å². The van der Waals surface area contributed by atoms with E-state index >= 15 is 0 Å². The largest absolute Gasteiger partial charge is 0.368 e. The number of pyridine rings is 1. The summed E-state index contributed by atoms with van der Waals surface area (Å²) >= 11 is 0. The highest BCUT2D eigenvalue weighted by atomic mass is 16.5. The van der Waals surface area contributed by atoms with E-state index in [0.717, 1.165) is 49.4 Å². The van der Waals surface area contributed by atoms with Gasteiger partial charge in [0.2, 0.25) is 5.95 Å². The summed E-state index contributed by atoms with van der Waals surface area (Å²) in [5.41, 5.74) is 7.94. The lowest BCUT2D eigenvalue weighted by molar-refractivity contribution is -0.0801. The number of anilines is 2. The number of ether oxygens (including phenoxy) is 1. The van der Waals surface area contributed by atoms with Crippen molar-refractivity contribution in [2.75, 3.05) is 44.4 Å². The van der Waals surface area contributed by atoms with E-state index < -0.39 is 5.60 Å². The summed E-state index contributed by atoms with van der Waals surface area (Å²) in [6, 6.07) is 5.57. The van der Waals surface area contributed by atoms with Gasteiger partial charge in [-0.3, -0.25) is 4.79 Å². The zero-order valence-electron chi connectivity index (χ0n) is 15.7. The Morgan fingerprint density at radius 1 is 1.26 bits per heavy atom. The van der Waals surface area contributed by atoms with Gasteiger partial charge >= 0.3 is 0 Å².